The van der Waals surface area contributed by atoms with Gasteiger partial charge in [0.2, 0.25) is 11.5 Å². The molecule has 2 aromatic heterocycles. The molecule has 0 spiro atoms. The number of nitrogens with zero attached hydrogens (tertiary/aromatic N) is 3. The van der Waals surface area contributed by atoms with E-state index in [-0.39, 0.29) is 24.7 Å². The van der Waals surface area contributed by atoms with Crippen molar-refractivity contribution in [2.24, 2.45) is 0 Å². The largest absolute Gasteiger partial charge is 0.382 e. The number of rotatable bonds is 7. The molecule has 2 aliphatic rings. The average molecular weight is 477 g/mol. The van der Waals surface area contributed by atoms with Gasteiger partial charge in [-0.25, -0.2) is 13.9 Å². The van der Waals surface area contributed by atoms with Crippen molar-refractivity contribution in [2.75, 3.05) is 5.73 Å². The Hall–Kier alpha value is -3.37. The molecule has 0 amide bonds. The molecule has 4 aromatic rings. The molecule has 1 aliphatic carbocycles. The third-order valence-electron chi connectivity index (χ3n) is 7.10. The van der Waals surface area contributed by atoms with Crippen LogP contribution in [0, 0.1) is 0 Å². The van der Waals surface area contributed by atoms with E-state index in [1.807, 2.05) is 60.7 Å². The van der Waals surface area contributed by atoms with E-state index in [0.29, 0.717) is 5.52 Å². The van der Waals surface area contributed by atoms with E-state index in [4.69, 9.17) is 19.9 Å². The van der Waals surface area contributed by atoms with E-state index in [1.165, 1.54) is 23.8 Å². The second-order valence-corrected chi connectivity index (χ2v) is 9.13. The lowest BCUT2D eigenvalue weighted by Crippen LogP contribution is -2.56. The molecule has 9 heteroatoms. The number of alkyl halides is 1. The van der Waals surface area contributed by atoms with Gasteiger partial charge in [-0.3, -0.25) is 0 Å². The van der Waals surface area contributed by atoms with E-state index in [0.717, 1.165) is 11.1 Å². The number of hydrogen-bond donors (Lipinski definition) is 2. The van der Waals surface area contributed by atoms with Gasteiger partial charge in [-0.2, -0.15) is 5.10 Å². The fourth-order valence-electron chi connectivity index (χ4n) is 5.11. The number of ether oxygens (including phenoxy) is 3. The van der Waals surface area contributed by atoms with Crippen LogP contribution in [0.2, 0.25) is 0 Å². The van der Waals surface area contributed by atoms with E-state index >= 15 is 4.39 Å². The van der Waals surface area contributed by atoms with Gasteiger partial charge in [0.1, 0.15) is 29.7 Å². The quantitative estimate of drug-likeness (QED) is 0.422. The highest BCUT2D eigenvalue weighted by atomic mass is 19.1. The minimum atomic E-state index is -2.39. The van der Waals surface area contributed by atoms with Crippen molar-refractivity contribution in [3.8, 4) is 0 Å². The smallest absolute Gasteiger partial charge is 0.248 e. The summed E-state index contributed by atoms with van der Waals surface area (Å²) in [5, 5.41) is 15.8. The predicted octanol–water partition coefficient (Wildman–Crippen LogP) is 3.14. The van der Waals surface area contributed by atoms with Gasteiger partial charge in [-0.1, -0.05) is 60.7 Å². The molecular weight excluding hydrogens is 451 g/mol. The van der Waals surface area contributed by atoms with E-state index in [2.05, 4.69) is 10.1 Å². The number of benzene rings is 2. The van der Waals surface area contributed by atoms with Gasteiger partial charge in [0.05, 0.1) is 13.2 Å². The molecule has 2 unspecified atom stereocenters. The van der Waals surface area contributed by atoms with Gasteiger partial charge in [-0.05, 0) is 30.2 Å². The molecule has 1 saturated carbocycles. The minimum absolute atomic E-state index is 0.100. The standard InChI is InChI=1S/C26H25FN4O4/c1-24(27)25(34-15-18-10-6-3-7-11-18)21(33-14-17-8-4-2-5-9-17)22(25)35-26(24,32)20-13-12-19-23(28)29-16-30-31(19)20/h2-13,16,21-22,32H,14-15H2,1H3,(H2,28,29,30)/t21?,22-,24-,25-,26?/m1/s1. The summed E-state index contributed by atoms with van der Waals surface area (Å²) in [6, 6.07) is 22.2. The highest BCUT2D eigenvalue weighted by Crippen LogP contribution is 2.67. The summed E-state index contributed by atoms with van der Waals surface area (Å²) in [4.78, 5) is 3.96. The zero-order chi connectivity index (χ0) is 24.3. The Bertz CT molecular complexity index is 1370. The third kappa shape index (κ3) is 3.13. The van der Waals surface area contributed by atoms with E-state index in [1.54, 1.807) is 6.07 Å². The number of fused-ring (bicyclic) bond motifs is 2. The molecule has 3 N–H and O–H groups in total. The van der Waals surface area contributed by atoms with Gasteiger partial charge in [0.25, 0.3) is 0 Å². The van der Waals surface area contributed by atoms with E-state index < -0.39 is 29.3 Å². The first kappa shape index (κ1) is 22.1. The summed E-state index contributed by atoms with van der Waals surface area (Å²) in [6.45, 7) is 1.67. The average Bonchev–Trinajstić information content (AvgIpc) is 3.16. The maximum Gasteiger partial charge on any atom is 0.248 e. The first-order chi connectivity index (χ1) is 16.9. The van der Waals surface area contributed by atoms with Gasteiger partial charge < -0.3 is 25.1 Å². The van der Waals surface area contributed by atoms with Crippen LogP contribution in [0.1, 0.15) is 23.7 Å². The summed E-state index contributed by atoms with van der Waals surface area (Å²) >= 11 is 0. The SMILES string of the molecule is C[C@]1(F)C(O)(c2ccc3c(N)ncnn23)O[C@@H]2C(OCc3ccccc3)[C@@]21OCc1ccccc1. The maximum absolute atomic E-state index is 17.0. The minimum Gasteiger partial charge on any atom is -0.382 e. The van der Waals surface area contributed by atoms with Gasteiger partial charge in [-0.15, -0.1) is 0 Å². The van der Waals surface area contributed by atoms with Crippen LogP contribution in [-0.4, -0.2) is 43.2 Å². The normalized spacial score (nSPS) is 31.5. The Morgan fingerprint density at radius 1 is 1.03 bits per heavy atom. The Morgan fingerprint density at radius 2 is 1.69 bits per heavy atom. The fraction of sp³-hybridized carbons (Fsp3) is 0.308. The van der Waals surface area contributed by atoms with Crippen molar-refractivity contribution >= 4 is 11.3 Å². The number of nitrogen functional groups attached to an aromatic ring is 1. The van der Waals surface area contributed by atoms with Gasteiger partial charge in [0, 0.05) is 0 Å². The van der Waals surface area contributed by atoms with Gasteiger partial charge >= 0.3 is 0 Å². The highest BCUT2D eigenvalue weighted by Gasteiger charge is 2.90. The highest BCUT2D eigenvalue weighted by molar-refractivity contribution is 5.65. The number of aliphatic hydroxyl groups is 1. The van der Waals surface area contributed by atoms with Crippen LogP contribution >= 0.6 is 0 Å². The zero-order valence-corrected chi connectivity index (χ0v) is 19.0. The molecule has 1 saturated heterocycles. The third-order valence-corrected chi connectivity index (χ3v) is 7.10. The zero-order valence-electron chi connectivity index (χ0n) is 19.0. The van der Waals surface area contributed by atoms with Crippen LogP contribution in [0.15, 0.2) is 79.1 Å². The molecule has 35 heavy (non-hydrogen) atoms. The fourth-order valence-corrected chi connectivity index (χ4v) is 5.11. The van der Waals surface area contributed by atoms with Crippen molar-refractivity contribution in [3.05, 3.63) is 95.9 Å². The Kier molecular flexibility index (Phi) is 4.94. The Labute approximate surface area is 201 Å². The molecule has 3 heterocycles. The van der Waals surface area contributed by atoms with E-state index in [9.17, 15) is 5.11 Å². The van der Waals surface area contributed by atoms with Crippen LogP contribution in [0.3, 0.4) is 0 Å². The monoisotopic (exact) mass is 476 g/mol. The number of aromatic nitrogens is 3. The molecular formula is C26H25FN4O4. The number of nitrogens with two attached hydrogens (primary N) is 1. The molecule has 180 valence electrons. The first-order valence-corrected chi connectivity index (χ1v) is 11.4. The maximum atomic E-state index is 17.0. The molecule has 2 aromatic carbocycles. The number of halogens is 1. The number of anilines is 1. The summed E-state index contributed by atoms with van der Waals surface area (Å²) in [7, 11) is 0. The summed E-state index contributed by atoms with van der Waals surface area (Å²) < 4.78 is 36.7. The summed E-state index contributed by atoms with van der Waals surface area (Å²) in [6.07, 6.45) is -0.305. The Balaban J connectivity index is 1.35. The first-order valence-electron chi connectivity index (χ1n) is 11.4. The van der Waals surface area contributed by atoms with Crippen LogP contribution in [0.4, 0.5) is 10.2 Å². The topological polar surface area (TPSA) is 104 Å². The van der Waals surface area contributed by atoms with Crippen molar-refractivity contribution in [1.29, 1.82) is 0 Å². The predicted molar refractivity (Wildman–Crippen MR) is 125 cm³/mol. The Morgan fingerprint density at radius 3 is 2.37 bits per heavy atom. The van der Waals surface area contributed by atoms with Crippen molar-refractivity contribution < 1.29 is 23.7 Å². The molecule has 5 atom stereocenters. The lowest BCUT2D eigenvalue weighted by atomic mass is 9.87. The van der Waals surface area contributed by atoms with Crippen molar-refractivity contribution in [1.82, 2.24) is 14.6 Å². The van der Waals surface area contributed by atoms with Crippen LogP contribution < -0.4 is 5.73 Å². The second kappa shape index (κ2) is 7.82. The summed E-state index contributed by atoms with van der Waals surface area (Å²) in [5.41, 5.74) is 4.36. The van der Waals surface area contributed by atoms with Crippen LogP contribution in [0.5, 0.6) is 0 Å². The molecule has 8 nitrogen and oxygen atoms in total. The molecule has 1 aliphatic heterocycles. The summed E-state index contributed by atoms with van der Waals surface area (Å²) in [5.74, 6) is -2.15. The van der Waals surface area contributed by atoms with Crippen molar-refractivity contribution in [3.63, 3.8) is 0 Å². The molecule has 2 fully saturated rings. The molecule has 0 bridgehead atoms. The number of hydrogen-bond acceptors (Lipinski definition) is 7. The van der Waals surface area contributed by atoms with Crippen LogP contribution in [-0.2, 0) is 33.2 Å². The van der Waals surface area contributed by atoms with Gasteiger partial charge in [0.15, 0.2) is 11.4 Å². The second-order valence-electron chi connectivity index (χ2n) is 9.13. The molecule has 6 rings (SSSR count). The van der Waals surface area contributed by atoms with Crippen molar-refractivity contribution in [2.45, 2.75) is 49.4 Å². The lowest BCUT2D eigenvalue weighted by molar-refractivity contribution is -0.286. The van der Waals surface area contributed by atoms with Crippen LogP contribution in [0.25, 0.3) is 5.52 Å². The lowest BCUT2D eigenvalue weighted by Gasteiger charge is -2.38. The molecule has 0 radical (unpaired) electrons.